The highest BCUT2D eigenvalue weighted by atomic mass is 32.2. The smallest absolute Gasteiger partial charge is 0.233 e. The van der Waals surface area contributed by atoms with Gasteiger partial charge in [0.1, 0.15) is 0 Å². The first kappa shape index (κ1) is 19.1. The van der Waals surface area contributed by atoms with Gasteiger partial charge in [-0.2, -0.15) is 4.98 Å². The molecular formula is C20H23N3O3S. The summed E-state index contributed by atoms with van der Waals surface area (Å²) >= 11 is 0. The fourth-order valence-corrected chi connectivity index (χ4v) is 3.91. The largest absolute Gasteiger partial charge is 0.419 e. The van der Waals surface area contributed by atoms with Gasteiger partial charge >= 0.3 is 0 Å². The van der Waals surface area contributed by atoms with Crippen LogP contribution in [0.1, 0.15) is 6.42 Å². The highest BCUT2D eigenvalue weighted by Gasteiger charge is 2.28. The fourth-order valence-electron chi connectivity index (χ4n) is 2.61. The van der Waals surface area contributed by atoms with Crippen LogP contribution in [0.2, 0.25) is 0 Å². The Hall–Kier alpha value is -2.64. The predicted molar refractivity (Wildman–Crippen MR) is 105 cm³/mol. The molecule has 1 heterocycles. The van der Waals surface area contributed by atoms with Gasteiger partial charge in [-0.25, -0.2) is 8.42 Å². The molecule has 6 nitrogen and oxygen atoms in total. The normalized spacial score (nSPS) is 11.7. The summed E-state index contributed by atoms with van der Waals surface area (Å²) in [6, 6.07) is 17.5. The topological polar surface area (TPSA) is 75.4 Å². The van der Waals surface area contributed by atoms with Gasteiger partial charge in [-0.1, -0.05) is 36.4 Å². The summed E-state index contributed by atoms with van der Waals surface area (Å²) in [6.07, 6.45) is 0.846. The van der Waals surface area contributed by atoms with Crippen LogP contribution < -0.4 is 5.32 Å². The maximum atomic E-state index is 13.1. The number of rotatable bonds is 8. The highest BCUT2D eigenvalue weighted by Crippen LogP contribution is 2.32. The van der Waals surface area contributed by atoms with E-state index >= 15 is 0 Å². The second kappa shape index (κ2) is 8.37. The van der Waals surface area contributed by atoms with Gasteiger partial charge < -0.3 is 14.6 Å². The molecule has 0 unspecified atom stereocenters. The first-order valence-corrected chi connectivity index (χ1v) is 10.2. The molecule has 27 heavy (non-hydrogen) atoms. The van der Waals surface area contributed by atoms with Gasteiger partial charge in [0.25, 0.3) is 0 Å². The zero-order chi connectivity index (χ0) is 19.3. The first-order valence-electron chi connectivity index (χ1n) is 8.73. The monoisotopic (exact) mass is 385 g/mol. The number of hydrogen-bond donors (Lipinski definition) is 1. The average molecular weight is 385 g/mol. The summed E-state index contributed by atoms with van der Waals surface area (Å²) in [6.45, 7) is 1.46. The molecule has 3 rings (SSSR count). The molecule has 0 aliphatic carbocycles. The Balaban J connectivity index is 1.96. The predicted octanol–water partition coefficient (Wildman–Crippen LogP) is 3.54. The van der Waals surface area contributed by atoms with E-state index in [2.05, 4.69) is 15.2 Å². The van der Waals surface area contributed by atoms with E-state index in [-0.39, 0.29) is 21.7 Å². The van der Waals surface area contributed by atoms with E-state index < -0.39 is 9.84 Å². The summed E-state index contributed by atoms with van der Waals surface area (Å²) in [5.74, 6) is 0.455. The van der Waals surface area contributed by atoms with Crippen LogP contribution in [0.5, 0.6) is 0 Å². The summed E-state index contributed by atoms with van der Waals surface area (Å²) in [4.78, 5) is 6.57. The van der Waals surface area contributed by atoms with Gasteiger partial charge in [0.2, 0.25) is 26.6 Å². The number of benzene rings is 2. The van der Waals surface area contributed by atoms with Crippen molar-refractivity contribution in [2.24, 2.45) is 0 Å². The van der Waals surface area contributed by atoms with Crippen LogP contribution in [0.4, 0.5) is 5.88 Å². The van der Waals surface area contributed by atoms with Gasteiger partial charge in [0, 0.05) is 12.1 Å². The summed E-state index contributed by atoms with van der Waals surface area (Å²) in [5.41, 5.74) is 0.725. The van der Waals surface area contributed by atoms with Crippen molar-refractivity contribution in [1.82, 2.24) is 9.88 Å². The third-order valence-corrected chi connectivity index (χ3v) is 5.67. The molecule has 0 atom stereocenters. The molecule has 0 fully saturated rings. The van der Waals surface area contributed by atoms with Crippen LogP contribution >= 0.6 is 0 Å². The number of aromatic nitrogens is 1. The van der Waals surface area contributed by atoms with Crippen LogP contribution in [0.3, 0.4) is 0 Å². The summed E-state index contributed by atoms with van der Waals surface area (Å²) in [5, 5.41) is 3.01. The van der Waals surface area contributed by atoms with Gasteiger partial charge in [0.15, 0.2) is 0 Å². The molecule has 0 aliphatic rings. The Bertz CT molecular complexity index is 968. The van der Waals surface area contributed by atoms with Gasteiger partial charge in [-0.05, 0) is 51.3 Å². The molecule has 0 radical (unpaired) electrons. The number of nitrogens with one attached hydrogen (secondary N) is 1. The van der Waals surface area contributed by atoms with E-state index in [1.807, 2.05) is 44.4 Å². The van der Waals surface area contributed by atoms with Crippen molar-refractivity contribution in [2.45, 2.75) is 16.3 Å². The third kappa shape index (κ3) is 4.56. The first-order chi connectivity index (χ1) is 13.0. The number of anilines is 1. The van der Waals surface area contributed by atoms with Crippen molar-refractivity contribution in [1.29, 1.82) is 0 Å². The number of sulfone groups is 1. The van der Waals surface area contributed by atoms with Gasteiger partial charge in [-0.15, -0.1) is 0 Å². The molecule has 1 aromatic heterocycles. The minimum Gasteiger partial charge on any atom is -0.419 e. The van der Waals surface area contributed by atoms with Crippen LogP contribution in [0.15, 0.2) is 75.0 Å². The Morgan fingerprint density at radius 3 is 2.26 bits per heavy atom. The van der Waals surface area contributed by atoms with Gasteiger partial charge in [-0.3, -0.25) is 0 Å². The zero-order valence-electron chi connectivity index (χ0n) is 15.4. The van der Waals surface area contributed by atoms with E-state index in [1.54, 1.807) is 30.3 Å². The van der Waals surface area contributed by atoms with Crippen LogP contribution in [-0.2, 0) is 9.84 Å². The molecule has 0 saturated carbocycles. The van der Waals surface area contributed by atoms with E-state index in [4.69, 9.17) is 4.42 Å². The minimum absolute atomic E-state index is 0.0857. The lowest BCUT2D eigenvalue weighted by Gasteiger charge is -2.10. The summed E-state index contributed by atoms with van der Waals surface area (Å²) < 4.78 is 31.9. The molecule has 142 valence electrons. The van der Waals surface area contributed by atoms with Crippen molar-refractivity contribution in [3.63, 3.8) is 0 Å². The van der Waals surface area contributed by atoms with Crippen molar-refractivity contribution in [3.05, 3.63) is 60.7 Å². The van der Waals surface area contributed by atoms with E-state index in [1.165, 1.54) is 0 Å². The molecule has 7 heteroatoms. The minimum atomic E-state index is -3.79. The zero-order valence-corrected chi connectivity index (χ0v) is 16.2. The van der Waals surface area contributed by atoms with Crippen LogP contribution in [-0.4, -0.2) is 45.5 Å². The molecule has 0 spiro atoms. The molecule has 3 aromatic rings. The Kier molecular flexibility index (Phi) is 5.93. The molecular weight excluding hydrogens is 362 g/mol. The Labute approximate surface area is 159 Å². The highest BCUT2D eigenvalue weighted by molar-refractivity contribution is 7.91. The Morgan fingerprint density at radius 1 is 1.00 bits per heavy atom. The average Bonchev–Trinajstić information content (AvgIpc) is 3.12. The molecule has 0 bridgehead atoms. The molecule has 0 amide bonds. The van der Waals surface area contributed by atoms with E-state index in [0.29, 0.717) is 6.54 Å². The van der Waals surface area contributed by atoms with Crippen molar-refractivity contribution in [2.75, 3.05) is 32.5 Å². The second-order valence-corrected chi connectivity index (χ2v) is 8.28. The lowest BCUT2D eigenvalue weighted by atomic mass is 10.2. The van der Waals surface area contributed by atoms with Crippen LogP contribution in [0, 0.1) is 0 Å². The second-order valence-electron chi connectivity index (χ2n) is 6.42. The number of oxazole rings is 1. The standard InChI is InChI=1S/C20H23N3O3S/c1-23(2)15-9-14-21-19-20(27(24,25)17-12-7-4-8-13-17)22-18(26-19)16-10-5-3-6-11-16/h3-8,10-13,21H,9,14-15H2,1-2H3. The van der Waals surface area contributed by atoms with E-state index in [0.717, 1.165) is 18.5 Å². The fraction of sp³-hybridized carbons (Fsp3) is 0.250. The van der Waals surface area contributed by atoms with E-state index in [9.17, 15) is 8.42 Å². The SMILES string of the molecule is CN(C)CCCNc1oc(-c2ccccc2)nc1S(=O)(=O)c1ccccc1. The molecule has 0 aliphatic heterocycles. The molecule has 2 aromatic carbocycles. The summed E-state index contributed by atoms with van der Waals surface area (Å²) in [7, 11) is 0.199. The van der Waals surface area contributed by atoms with Gasteiger partial charge in [0.05, 0.1) is 4.90 Å². The number of nitrogens with zero attached hydrogens (tertiary/aromatic N) is 2. The maximum absolute atomic E-state index is 13.1. The quantitative estimate of drug-likeness (QED) is 0.598. The lowest BCUT2D eigenvalue weighted by molar-refractivity contribution is 0.404. The molecule has 0 saturated heterocycles. The van der Waals surface area contributed by atoms with Crippen LogP contribution in [0.25, 0.3) is 11.5 Å². The van der Waals surface area contributed by atoms with Crippen molar-refractivity contribution >= 4 is 15.7 Å². The Morgan fingerprint density at radius 2 is 1.63 bits per heavy atom. The van der Waals surface area contributed by atoms with Crippen molar-refractivity contribution in [3.8, 4) is 11.5 Å². The van der Waals surface area contributed by atoms with Crippen molar-refractivity contribution < 1.29 is 12.8 Å². The maximum Gasteiger partial charge on any atom is 0.233 e. The molecule has 1 N–H and O–H groups in total. The number of hydrogen-bond acceptors (Lipinski definition) is 6. The third-order valence-electron chi connectivity index (χ3n) is 3.99. The lowest BCUT2D eigenvalue weighted by Crippen LogP contribution is -2.17.